The number of aromatic nitrogens is 2. The maximum atomic E-state index is 12.6. The van der Waals surface area contributed by atoms with Gasteiger partial charge in [-0.05, 0) is 75.5 Å². The van der Waals surface area contributed by atoms with Crippen molar-refractivity contribution in [3.8, 4) is 6.01 Å². The third-order valence-corrected chi connectivity index (χ3v) is 6.87. The Morgan fingerprint density at radius 3 is 2.82 bits per heavy atom. The standard InChI is InChI=1S/C28H32N4O6/c1-5-18-14-22(33)36-25-23(18)24(34)29-26(30-25)38-31-21-9-7-19-13-16(6-8-20(19)21)12-17-10-11-32(15-17)27(35)37-28(2,3)4/h6,8,13-14,17H,5,7,9-12,15H2,1-4H3,(H,29,30,34)/b31-21+. The van der Waals surface area contributed by atoms with Crippen molar-refractivity contribution in [1.82, 2.24) is 14.9 Å². The summed E-state index contributed by atoms with van der Waals surface area (Å²) >= 11 is 0. The van der Waals surface area contributed by atoms with Gasteiger partial charge in [0.05, 0.1) is 5.71 Å². The van der Waals surface area contributed by atoms with E-state index in [4.69, 9.17) is 14.0 Å². The molecule has 1 unspecified atom stereocenters. The van der Waals surface area contributed by atoms with E-state index in [0.29, 0.717) is 37.4 Å². The highest BCUT2D eigenvalue weighted by Gasteiger charge is 2.30. The third-order valence-electron chi connectivity index (χ3n) is 6.87. The molecule has 2 aromatic heterocycles. The Morgan fingerprint density at radius 2 is 2.05 bits per heavy atom. The Morgan fingerprint density at radius 1 is 1.24 bits per heavy atom. The first-order valence-corrected chi connectivity index (χ1v) is 13.0. The van der Waals surface area contributed by atoms with Gasteiger partial charge in [0.1, 0.15) is 11.0 Å². The first kappa shape index (κ1) is 25.7. The Bertz CT molecular complexity index is 1530. The number of rotatable bonds is 5. The average molecular weight is 521 g/mol. The fourth-order valence-corrected chi connectivity index (χ4v) is 5.12. The van der Waals surface area contributed by atoms with E-state index in [1.807, 2.05) is 33.8 Å². The van der Waals surface area contributed by atoms with E-state index in [2.05, 4.69) is 27.3 Å². The summed E-state index contributed by atoms with van der Waals surface area (Å²) in [6.45, 7) is 8.90. The van der Waals surface area contributed by atoms with Crippen LogP contribution in [-0.2, 0) is 24.0 Å². The van der Waals surface area contributed by atoms with Gasteiger partial charge in [0.2, 0.25) is 5.71 Å². The molecule has 0 saturated carbocycles. The molecule has 0 spiro atoms. The second kappa shape index (κ2) is 10.1. The molecule has 3 aromatic rings. The number of likely N-dealkylation sites (tertiary alicyclic amines) is 1. The van der Waals surface area contributed by atoms with Crippen LogP contribution < -0.4 is 16.0 Å². The van der Waals surface area contributed by atoms with Gasteiger partial charge < -0.3 is 18.9 Å². The zero-order valence-electron chi connectivity index (χ0n) is 22.1. The van der Waals surface area contributed by atoms with Crippen molar-refractivity contribution in [1.29, 1.82) is 0 Å². The number of oxime groups is 1. The van der Waals surface area contributed by atoms with Crippen molar-refractivity contribution in [2.45, 2.75) is 65.4 Å². The zero-order valence-corrected chi connectivity index (χ0v) is 22.1. The van der Waals surface area contributed by atoms with Crippen molar-refractivity contribution < 1.29 is 18.8 Å². The number of nitrogens with zero attached hydrogens (tertiary/aromatic N) is 3. The highest BCUT2D eigenvalue weighted by molar-refractivity contribution is 6.04. The number of carbonyl (C=O) groups excluding carboxylic acids is 1. The monoisotopic (exact) mass is 520 g/mol. The maximum absolute atomic E-state index is 12.6. The highest BCUT2D eigenvalue weighted by atomic mass is 16.6. The lowest BCUT2D eigenvalue weighted by Crippen LogP contribution is -2.35. The van der Waals surface area contributed by atoms with Crippen LogP contribution in [0.15, 0.2) is 43.4 Å². The van der Waals surface area contributed by atoms with E-state index in [1.165, 1.54) is 17.2 Å². The first-order chi connectivity index (χ1) is 18.1. The second-order valence-corrected chi connectivity index (χ2v) is 10.9. The first-order valence-electron chi connectivity index (χ1n) is 13.0. The maximum Gasteiger partial charge on any atom is 0.410 e. The number of carbonyl (C=O) groups is 1. The van der Waals surface area contributed by atoms with Crippen LogP contribution in [0, 0.1) is 5.92 Å². The molecular weight excluding hydrogens is 488 g/mol. The molecule has 10 heteroatoms. The number of benzene rings is 1. The van der Waals surface area contributed by atoms with Crippen molar-refractivity contribution in [3.05, 3.63) is 67.3 Å². The summed E-state index contributed by atoms with van der Waals surface area (Å²) < 4.78 is 10.6. The number of ether oxygens (including phenoxy) is 1. The number of hydrogen-bond acceptors (Lipinski definition) is 8. The molecule has 1 N–H and O–H groups in total. The molecule has 1 atom stereocenters. The minimum Gasteiger partial charge on any atom is -0.444 e. The van der Waals surface area contributed by atoms with Crippen molar-refractivity contribution >= 4 is 22.9 Å². The Balaban J connectivity index is 1.26. The molecule has 0 bridgehead atoms. The van der Waals surface area contributed by atoms with Crippen LogP contribution in [0.25, 0.3) is 11.1 Å². The molecule has 200 valence electrons. The SMILES string of the molecule is CCc1cc(=O)oc2nc(O/N=C3\CCc4cc(CC5CCN(C(=O)OC(C)(C)C)C5)ccc43)[nH]c(=O)c12. The Hall–Kier alpha value is -3.95. The molecule has 38 heavy (non-hydrogen) atoms. The smallest absolute Gasteiger partial charge is 0.410 e. The summed E-state index contributed by atoms with van der Waals surface area (Å²) in [6.07, 6.45) is 3.62. The molecule has 2 aliphatic rings. The van der Waals surface area contributed by atoms with Gasteiger partial charge in [-0.2, -0.15) is 4.98 Å². The number of fused-ring (bicyclic) bond motifs is 2. The van der Waals surface area contributed by atoms with E-state index >= 15 is 0 Å². The molecule has 1 amide bonds. The number of aryl methyl sites for hydroxylation is 2. The van der Waals surface area contributed by atoms with E-state index < -0.39 is 16.8 Å². The van der Waals surface area contributed by atoms with Gasteiger partial charge in [0, 0.05) is 24.7 Å². The molecule has 1 aromatic carbocycles. The van der Waals surface area contributed by atoms with Crippen LogP contribution in [0.3, 0.4) is 0 Å². The van der Waals surface area contributed by atoms with Gasteiger partial charge in [-0.1, -0.05) is 30.3 Å². The zero-order chi connectivity index (χ0) is 27.0. The number of hydrogen-bond donors (Lipinski definition) is 1. The summed E-state index contributed by atoms with van der Waals surface area (Å²) in [5.74, 6) is 0.391. The number of aromatic amines is 1. The topological polar surface area (TPSA) is 127 Å². The Labute approximate surface area is 219 Å². The lowest BCUT2D eigenvalue weighted by Gasteiger charge is -2.24. The highest BCUT2D eigenvalue weighted by Crippen LogP contribution is 2.28. The van der Waals surface area contributed by atoms with Crippen molar-refractivity contribution in [2.24, 2.45) is 11.1 Å². The average Bonchev–Trinajstić information content (AvgIpc) is 3.47. The van der Waals surface area contributed by atoms with Crippen LogP contribution >= 0.6 is 0 Å². The largest absolute Gasteiger partial charge is 0.444 e. The van der Waals surface area contributed by atoms with E-state index in [0.717, 1.165) is 30.5 Å². The van der Waals surface area contributed by atoms with E-state index in [1.54, 1.807) is 4.90 Å². The van der Waals surface area contributed by atoms with Crippen LogP contribution in [0.4, 0.5) is 4.79 Å². The molecule has 1 fully saturated rings. The van der Waals surface area contributed by atoms with E-state index in [9.17, 15) is 14.4 Å². The van der Waals surface area contributed by atoms with Gasteiger partial charge >= 0.3 is 17.7 Å². The van der Waals surface area contributed by atoms with Gasteiger partial charge in [-0.3, -0.25) is 9.78 Å². The predicted octanol–water partition coefficient (Wildman–Crippen LogP) is 3.97. The minimum atomic E-state index is -0.569. The summed E-state index contributed by atoms with van der Waals surface area (Å²) in [5.41, 5.74) is 3.16. The van der Waals surface area contributed by atoms with Gasteiger partial charge in [0.25, 0.3) is 5.56 Å². The lowest BCUT2D eigenvalue weighted by atomic mass is 9.96. The normalized spacial score (nSPS) is 18.3. The van der Waals surface area contributed by atoms with Gasteiger partial charge in [0.15, 0.2) is 0 Å². The summed E-state index contributed by atoms with van der Waals surface area (Å²) in [6, 6.07) is 7.50. The molecule has 0 radical (unpaired) electrons. The number of H-pyrrole nitrogens is 1. The third kappa shape index (κ3) is 5.49. The van der Waals surface area contributed by atoms with Crippen LogP contribution in [-0.4, -0.2) is 45.4 Å². The van der Waals surface area contributed by atoms with Crippen molar-refractivity contribution in [2.75, 3.05) is 13.1 Å². The summed E-state index contributed by atoms with van der Waals surface area (Å²) in [5, 5.41) is 4.48. The van der Waals surface area contributed by atoms with Crippen LogP contribution in [0.1, 0.15) is 62.8 Å². The molecule has 3 heterocycles. The quantitative estimate of drug-likeness (QED) is 0.504. The van der Waals surface area contributed by atoms with Gasteiger partial charge in [-0.25, -0.2) is 9.59 Å². The van der Waals surface area contributed by atoms with Crippen LogP contribution in [0.2, 0.25) is 0 Å². The predicted molar refractivity (Wildman–Crippen MR) is 142 cm³/mol. The van der Waals surface area contributed by atoms with Crippen LogP contribution in [0.5, 0.6) is 6.01 Å². The summed E-state index contributed by atoms with van der Waals surface area (Å²) in [7, 11) is 0. The number of amides is 1. The minimum absolute atomic E-state index is 0.0677. The molecular formula is C28H32N4O6. The molecule has 1 aliphatic carbocycles. The molecule has 10 nitrogen and oxygen atoms in total. The fourth-order valence-electron chi connectivity index (χ4n) is 5.12. The van der Waals surface area contributed by atoms with Gasteiger partial charge in [-0.15, -0.1) is 0 Å². The fraction of sp³-hybridized carbons (Fsp3) is 0.464. The second-order valence-electron chi connectivity index (χ2n) is 10.9. The number of nitrogens with one attached hydrogen (secondary N) is 1. The molecule has 1 saturated heterocycles. The molecule has 5 rings (SSSR count). The molecule has 1 aliphatic heterocycles. The Kier molecular flexibility index (Phi) is 6.81. The van der Waals surface area contributed by atoms with E-state index in [-0.39, 0.29) is 23.2 Å². The van der Waals surface area contributed by atoms with Crippen molar-refractivity contribution in [3.63, 3.8) is 0 Å². The lowest BCUT2D eigenvalue weighted by molar-refractivity contribution is 0.0288. The summed E-state index contributed by atoms with van der Waals surface area (Å²) in [4.78, 5) is 50.7.